The van der Waals surface area contributed by atoms with E-state index >= 15 is 0 Å². The Morgan fingerprint density at radius 1 is 0.967 bits per heavy atom. The molecule has 0 aromatic heterocycles. The summed E-state index contributed by atoms with van der Waals surface area (Å²) in [6.07, 6.45) is 5.22. The first-order valence-electron chi connectivity index (χ1n) is 10.3. The van der Waals surface area contributed by atoms with E-state index in [9.17, 15) is 18.0 Å². The minimum Gasteiger partial charge on any atom is -0.342 e. The van der Waals surface area contributed by atoms with E-state index in [4.69, 9.17) is 0 Å². The monoisotopic (exact) mass is 428 g/mol. The van der Waals surface area contributed by atoms with Crippen LogP contribution in [0.15, 0.2) is 54.6 Å². The summed E-state index contributed by atoms with van der Waals surface area (Å²) in [6.45, 7) is 0. The Morgan fingerprint density at radius 2 is 1.60 bits per heavy atom. The molecule has 3 rings (SSSR count). The normalized spacial score (nSPS) is 14.8. The average Bonchev–Trinajstić information content (AvgIpc) is 2.74. The number of amides is 2. The fraction of sp³-hybridized carbons (Fsp3) is 0.391. The zero-order chi connectivity index (χ0) is 21.6. The number of hydrogen-bond acceptors (Lipinski definition) is 4. The molecule has 0 heterocycles. The van der Waals surface area contributed by atoms with Crippen molar-refractivity contribution in [2.24, 2.45) is 0 Å². The highest BCUT2D eigenvalue weighted by molar-refractivity contribution is 7.91. The number of benzene rings is 2. The third-order valence-corrected chi connectivity index (χ3v) is 6.95. The van der Waals surface area contributed by atoms with Gasteiger partial charge in [0.25, 0.3) is 5.91 Å². The number of anilines is 1. The van der Waals surface area contributed by atoms with Crippen molar-refractivity contribution in [1.29, 1.82) is 0 Å². The first-order valence-corrected chi connectivity index (χ1v) is 12.1. The number of hydrogen-bond donors (Lipinski definition) is 1. The Bertz CT molecular complexity index is 966. The van der Waals surface area contributed by atoms with Gasteiger partial charge in [0, 0.05) is 24.3 Å². The number of sulfone groups is 1. The number of carbonyl (C=O) groups is 2. The van der Waals surface area contributed by atoms with Crippen molar-refractivity contribution >= 4 is 27.3 Å². The van der Waals surface area contributed by atoms with Gasteiger partial charge in [-0.2, -0.15) is 0 Å². The number of nitrogens with zero attached hydrogens (tertiary/aromatic N) is 1. The van der Waals surface area contributed by atoms with Crippen LogP contribution in [0.3, 0.4) is 0 Å². The summed E-state index contributed by atoms with van der Waals surface area (Å²) in [4.78, 5) is 26.4. The Morgan fingerprint density at radius 3 is 2.23 bits per heavy atom. The number of nitrogens with one attached hydrogen (secondary N) is 1. The van der Waals surface area contributed by atoms with Gasteiger partial charge in [-0.1, -0.05) is 49.6 Å². The molecule has 1 fully saturated rings. The van der Waals surface area contributed by atoms with Gasteiger partial charge >= 0.3 is 0 Å². The van der Waals surface area contributed by atoms with Crippen LogP contribution in [-0.4, -0.2) is 44.0 Å². The molecule has 2 aromatic carbocycles. The van der Waals surface area contributed by atoms with E-state index in [1.165, 1.54) is 6.42 Å². The predicted molar refractivity (Wildman–Crippen MR) is 118 cm³/mol. The molecule has 1 N–H and O–H groups in total. The number of para-hydroxylation sites is 1. The summed E-state index contributed by atoms with van der Waals surface area (Å²) in [5.74, 6) is -1.32. The summed E-state index contributed by atoms with van der Waals surface area (Å²) < 4.78 is 25.1. The second kappa shape index (κ2) is 9.89. The topological polar surface area (TPSA) is 83.6 Å². The molecule has 160 valence electrons. The van der Waals surface area contributed by atoms with E-state index < -0.39 is 15.6 Å². The molecule has 0 bridgehead atoms. The quantitative estimate of drug-likeness (QED) is 0.730. The van der Waals surface area contributed by atoms with E-state index in [1.807, 2.05) is 18.2 Å². The maximum absolute atomic E-state index is 12.5. The van der Waals surface area contributed by atoms with Crippen LogP contribution in [0, 0.1) is 0 Å². The van der Waals surface area contributed by atoms with Crippen LogP contribution >= 0.6 is 0 Å². The van der Waals surface area contributed by atoms with Gasteiger partial charge in [-0.25, -0.2) is 8.42 Å². The highest BCUT2D eigenvalue weighted by Gasteiger charge is 2.26. The van der Waals surface area contributed by atoms with Gasteiger partial charge in [-0.3, -0.25) is 9.59 Å². The van der Waals surface area contributed by atoms with Crippen LogP contribution in [0.2, 0.25) is 0 Å². The molecule has 0 spiro atoms. The van der Waals surface area contributed by atoms with Crippen molar-refractivity contribution in [3.63, 3.8) is 0 Å². The van der Waals surface area contributed by atoms with E-state index in [0.717, 1.165) is 25.7 Å². The van der Waals surface area contributed by atoms with Gasteiger partial charge in [0.1, 0.15) is 5.75 Å². The molecular formula is C23H28N2O4S. The van der Waals surface area contributed by atoms with Gasteiger partial charge in [0.2, 0.25) is 5.91 Å². The van der Waals surface area contributed by atoms with Crippen molar-refractivity contribution in [2.45, 2.75) is 43.9 Å². The van der Waals surface area contributed by atoms with Gasteiger partial charge in [0.15, 0.2) is 9.84 Å². The van der Waals surface area contributed by atoms with E-state index in [2.05, 4.69) is 5.32 Å². The fourth-order valence-corrected chi connectivity index (χ4v) is 5.13. The van der Waals surface area contributed by atoms with Gasteiger partial charge in [-0.15, -0.1) is 0 Å². The van der Waals surface area contributed by atoms with Crippen molar-refractivity contribution in [2.75, 3.05) is 18.1 Å². The molecule has 1 aliphatic rings. The first-order chi connectivity index (χ1) is 14.3. The summed E-state index contributed by atoms with van der Waals surface area (Å²) in [7, 11) is -1.89. The second-order valence-corrected chi connectivity index (χ2v) is 9.91. The molecule has 0 saturated heterocycles. The van der Waals surface area contributed by atoms with E-state index in [0.29, 0.717) is 16.8 Å². The van der Waals surface area contributed by atoms with Crippen LogP contribution in [-0.2, 0) is 20.4 Å². The summed E-state index contributed by atoms with van der Waals surface area (Å²) in [5, 5.41) is 2.79. The maximum Gasteiger partial charge on any atom is 0.255 e. The molecule has 30 heavy (non-hydrogen) atoms. The fourth-order valence-electron chi connectivity index (χ4n) is 3.74. The molecular weight excluding hydrogens is 400 g/mol. The predicted octanol–water partition coefficient (Wildman–Crippen LogP) is 3.64. The molecule has 0 aliphatic heterocycles. The molecule has 0 atom stereocenters. The van der Waals surface area contributed by atoms with Crippen LogP contribution in [0.5, 0.6) is 0 Å². The minimum absolute atomic E-state index is 0.142. The van der Waals surface area contributed by atoms with E-state index in [-0.39, 0.29) is 23.6 Å². The van der Waals surface area contributed by atoms with Crippen molar-refractivity contribution < 1.29 is 18.0 Å². The molecule has 0 unspecified atom stereocenters. The molecule has 7 heteroatoms. The molecule has 1 saturated carbocycles. The van der Waals surface area contributed by atoms with Crippen LogP contribution in [0.4, 0.5) is 5.69 Å². The SMILES string of the molecule is CN(C(=O)CS(=O)(=O)Cc1ccc(C(=O)Nc2ccccc2)cc1)C1CCCCC1. The summed E-state index contributed by atoms with van der Waals surface area (Å²) in [6, 6.07) is 15.7. The second-order valence-electron chi connectivity index (χ2n) is 7.85. The molecule has 2 amide bonds. The Balaban J connectivity index is 1.57. The summed E-state index contributed by atoms with van der Waals surface area (Å²) >= 11 is 0. The molecule has 6 nitrogen and oxygen atoms in total. The minimum atomic E-state index is -3.59. The van der Waals surface area contributed by atoms with Gasteiger partial charge in [-0.05, 0) is 42.7 Å². The van der Waals surface area contributed by atoms with Gasteiger partial charge in [0.05, 0.1) is 5.75 Å². The van der Waals surface area contributed by atoms with Crippen LogP contribution < -0.4 is 5.32 Å². The van der Waals surface area contributed by atoms with Crippen molar-refractivity contribution in [3.05, 3.63) is 65.7 Å². The van der Waals surface area contributed by atoms with Gasteiger partial charge < -0.3 is 10.2 Å². The smallest absolute Gasteiger partial charge is 0.255 e. The third kappa shape index (κ3) is 6.16. The lowest BCUT2D eigenvalue weighted by Gasteiger charge is -2.31. The van der Waals surface area contributed by atoms with Crippen LogP contribution in [0.25, 0.3) is 0 Å². The number of rotatable bonds is 7. The van der Waals surface area contributed by atoms with Crippen molar-refractivity contribution in [1.82, 2.24) is 4.90 Å². The standard InChI is InChI=1S/C23H28N2O4S/c1-25(21-10-6-3-7-11-21)22(26)17-30(28,29)16-18-12-14-19(15-13-18)23(27)24-20-8-4-2-5-9-20/h2,4-5,8-9,12-15,21H,3,6-7,10-11,16-17H2,1H3,(H,24,27). The maximum atomic E-state index is 12.5. The molecule has 2 aromatic rings. The lowest BCUT2D eigenvalue weighted by molar-refractivity contribution is -0.129. The third-order valence-electron chi connectivity index (χ3n) is 5.49. The number of carbonyl (C=O) groups excluding carboxylic acids is 2. The average molecular weight is 429 g/mol. The zero-order valence-electron chi connectivity index (χ0n) is 17.2. The molecule has 1 aliphatic carbocycles. The highest BCUT2D eigenvalue weighted by Crippen LogP contribution is 2.22. The largest absolute Gasteiger partial charge is 0.342 e. The van der Waals surface area contributed by atoms with Crippen LogP contribution in [0.1, 0.15) is 48.0 Å². The highest BCUT2D eigenvalue weighted by atomic mass is 32.2. The Kier molecular flexibility index (Phi) is 7.26. The molecule has 0 radical (unpaired) electrons. The Hall–Kier alpha value is -2.67. The van der Waals surface area contributed by atoms with Crippen molar-refractivity contribution in [3.8, 4) is 0 Å². The lowest BCUT2D eigenvalue weighted by Crippen LogP contribution is -2.41. The zero-order valence-corrected chi connectivity index (χ0v) is 18.0. The van der Waals surface area contributed by atoms with E-state index in [1.54, 1.807) is 48.3 Å². The Labute approximate surface area is 178 Å². The first kappa shape index (κ1) is 22.0. The lowest BCUT2D eigenvalue weighted by atomic mass is 9.94. The summed E-state index contributed by atoms with van der Waals surface area (Å²) in [5.41, 5.74) is 1.68.